The number of aryl methyl sites for hydroxylation is 1. The van der Waals surface area contributed by atoms with E-state index in [-0.39, 0.29) is 5.91 Å². The van der Waals surface area contributed by atoms with Gasteiger partial charge in [-0.1, -0.05) is 60.5 Å². The molecular weight excluding hydrogens is 526 g/mol. The number of carbonyl (C=O) groups excluding carboxylic acids is 1. The zero-order valence-corrected chi connectivity index (χ0v) is 23.3. The lowest BCUT2D eigenvalue weighted by atomic mass is 9.99. The number of rotatable bonds is 13. The van der Waals surface area contributed by atoms with Crippen LogP contribution in [0.2, 0.25) is 0 Å². The van der Waals surface area contributed by atoms with Gasteiger partial charge >= 0.3 is 0 Å². The van der Waals surface area contributed by atoms with Crippen LogP contribution in [0.4, 0.5) is 0 Å². The fraction of sp³-hybridized carbons (Fsp3) is 0.355. The van der Waals surface area contributed by atoms with Gasteiger partial charge < -0.3 is 14.6 Å². The first-order valence-electron chi connectivity index (χ1n) is 13.3. The molecule has 1 amide bonds. The zero-order chi connectivity index (χ0) is 26.0. The minimum atomic E-state index is -0.0243. The Bertz CT molecular complexity index is 1280. The molecule has 0 aliphatic rings. The van der Waals surface area contributed by atoms with E-state index in [9.17, 15) is 4.79 Å². The number of imidazole rings is 1. The van der Waals surface area contributed by atoms with E-state index >= 15 is 0 Å². The summed E-state index contributed by atoms with van der Waals surface area (Å²) >= 11 is 3.40. The lowest BCUT2D eigenvalue weighted by molar-refractivity contribution is 0.0953. The molecule has 1 atom stereocenters. The number of unbranched alkanes of at least 4 members (excludes halogenated alkanes) is 2. The van der Waals surface area contributed by atoms with Gasteiger partial charge in [0.1, 0.15) is 18.2 Å². The van der Waals surface area contributed by atoms with E-state index in [0.717, 1.165) is 65.7 Å². The van der Waals surface area contributed by atoms with Crippen molar-refractivity contribution in [1.29, 1.82) is 0 Å². The molecule has 0 fully saturated rings. The van der Waals surface area contributed by atoms with Crippen LogP contribution in [0.5, 0.6) is 5.75 Å². The summed E-state index contributed by atoms with van der Waals surface area (Å²) in [5.74, 6) is 2.54. The van der Waals surface area contributed by atoms with Crippen LogP contribution in [0.3, 0.4) is 0 Å². The van der Waals surface area contributed by atoms with E-state index in [0.29, 0.717) is 24.6 Å². The molecule has 6 heteroatoms. The number of para-hydroxylation sites is 2. The number of nitrogens with one attached hydrogen (secondary N) is 1. The van der Waals surface area contributed by atoms with Crippen molar-refractivity contribution in [3.8, 4) is 5.75 Å². The Morgan fingerprint density at radius 2 is 1.76 bits per heavy atom. The second-order valence-electron chi connectivity index (χ2n) is 9.47. The Labute approximate surface area is 228 Å². The first-order valence-corrected chi connectivity index (χ1v) is 14.0. The number of fused-ring (bicyclic) bond motifs is 1. The van der Waals surface area contributed by atoms with Crippen molar-refractivity contribution in [3.05, 3.63) is 94.2 Å². The molecular formula is C31H36BrN3O2. The monoisotopic (exact) mass is 561 g/mol. The first-order chi connectivity index (χ1) is 18.0. The standard InChI is InChI=1S/C31H36BrN3O2/c1-3-23(2)24-14-18-27(19-15-24)37-22-21-35-29-10-7-6-9-28(29)34-30(35)11-5-4-8-20-33-31(36)25-12-16-26(32)17-13-25/h6-7,9-10,12-19,23H,3-5,8,11,20-22H2,1-2H3,(H,33,36). The molecule has 0 bridgehead atoms. The average Bonchev–Trinajstić information content (AvgIpc) is 3.28. The largest absolute Gasteiger partial charge is 0.492 e. The predicted molar refractivity (Wildman–Crippen MR) is 154 cm³/mol. The van der Waals surface area contributed by atoms with Crippen LogP contribution in [-0.4, -0.2) is 28.6 Å². The van der Waals surface area contributed by atoms with E-state index in [1.807, 2.05) is 30.3 Å². The lowest BCUT2D eigenvalue weighted by Crippen LogP contribution is -2.24. The summed E-state index contributed by atoms with van der Waals surface area (Å²) in [7, 11) is 0. The average molecular weight is 563 g/mol. The molecule has 0 aliphatic heterocycles. The van der Waals surface area contributed by atoms with Gasteiger partial charge in [-0.25, -0.2) is 4.98 Å². The molecule has 4 rings (SSSR count). The molecule has 37 heavy (non-hydrogen) atoms. The van der Waals surface area contributed by atoms with Crippen LogP contribution >= 0.6 is 15.9 Å². The number of benzene rings is 3. The SMILES string of the molecule is CCC(C)c1ccc(OCCn2c(CCCCCNC(=O)c3ccc(Br)cc3)nc3ccccc32)cc1. The highest BCUT2D eigenvalue weighted by Gasteiger charge is 2.11. The quantitative estimate of drug-likeness (QED) is 0.171. The highest BCUT2D eigenvalue weighted by molar-refractivity contribution is 9.10. The van der Waals surface area contributed by atoms with Gasteiger partial charge in [0.25, 0.3) is 5.91 Å². The molecule has 194 valence electrons. The van der Waals surface area contributed by atoms with Gasteiger partial charge in [-0.05, 0) is 79.3 Å². The van der Waals surface area contributed by atoms with E-state index in [1.165, 1.54) is 5.56 Å². The summed E-state index contributed by atoms with van der Waals surface area (Å²) in [6, 6.07) is 24.2. The van der Waals surface area contributed by atoms with Crippen molar-refractivity contribution in [1.82, 2.24) is 14.9 Å². The first kappa shape index (κ1) is 26.9. The van der Waals surface area contributed by atoms with E-state index in [4.69, 9.17) is 9.72 Å². The topological polar surface area (TPSA) is 56.1 Å². The molecule has 0 radical (unpaired) electrons. The smallest absolute Gasteiger partial charge is 0.251 e. The van der Waals surface area contributed by atoms with E-state index < -0.39 is 0 Å². The van der Waals surface area contributed by atoms with Crippen molar-refractivity contribution in [2.24, 2.45) is 0 Å². The van der Waals surface area contributed by atoms with Crippen LogP contribution in [0.15, 0.2) is 77.3 Å². The van der Waals surface area contributed by atoms with Gasteiger partial charge in [0, 0.05) is 23.0 Å². The maximum Gasteiger partial charge on any atom is 0.251 e. The number of amides is 1. The minimum absolute atomic E-state index is 0.0243. The van der Waals surface area contributed by atoms with Crippen LogP contribution in [-0.2, 0) is 13.0 Å². The number of hydrogen-bond donors (Lipinski definition) is 1. The summed E-state index contributed by atoms with van der Waals surface area (Å²) in [6.07, 6.45) is 5.03. The Morgan fingerprint density at radius 1 is 1.00 bits per heavy atom. The molecule has 1 N–H and O–H groups in total. The molecule has 1 unspecified atom stereocenters. The predicted octanol–water partition coefficient (Wildman–Crippen LogP) is 7.53. The molecule has 4 aromatic rings. The zero-order valence-electron chi connectivity index (χ0n) is 21.8. The minimum Gasteiger partial charge on any atom is -0.492 e. The second kappa shape index (κ2) is 13.4. The second-order valence-corrected chi connectivity index (χ2v) is 10.4. The van der Waals surface area contributed by atoms with Crippen molar-refractivity contribution < 1.29 is 9.53 Å². The summed E-state index contributed by atoms with van der Waals surface area (Å²) in [6.45, 7) is 6.49. The Hall–Kier alpha value is -3.12. The van der Waals surface area contributed by atoms with Gasteiger partial charge in [0.2, 0.25) is 0 Å². The van der Waals surface area contributed by atoms with Crippen molar-refractivity contribution >= 4 is 32.9 Å². The van der Waals surface area contributed by atoms with Gasteiger partial charge in [-0.3, -0.25) is 4.79 Å². The number of halogens is 1. The normalized spacial score (nSPS) is 12.0. The van der Waals surface area contributed by atoms with Gasteiger partial charge in [-0.15, -0.1) is 0 Å². The lowest BCUT2D eigenvalue weighted by Gasteiger charge is -2.13. The fourth-order valence-corrected chi connectivity index (χ4v) is 4.70. The summed E-state index contributed by atoms with van der Waals surface area (Å²) in [5.41, 5.74) is 4.21. The molecule has 0 saturated carbocycles. The highest BCUT2D eigenvalue weighted by atomic mass is 79.9. The van der Waals surface area contributed by atoms with Crippen LogP contribution in [0.1, 0.15) is 67.2 Å². The number of hydrogen-bond acceptors (Lipinski definition) is 3. The van der Waals surface area contributed by atoms with Gasteiger partial charge in [0.05, 0.1) is 17.6 Å². The van der Waals surface area contributed by atoms with Crippen LogP contribution in [0.25, 0.3) is 11.0 Å². The summed E-state index contributed by atoms with van der Waals surface area (Å²) in [5, 5.41) is 3.01. The molecule has 0 aliphatic carbocycles. The third kappa shape index (κ3) is 7.45. The van der Waals surface area contributed by atoms with Crippen molar-refractivity contribution in [2.75, 3.05) is 13.2 Å². The highest BCUT2D eigenvalue weighted by Crippen LogP contribution is 2.22. The van der Waals surface area contributed by atoms with E-state index in [1.54, 1.807) is 0 Å². The maximum absolute atomic E-state index is 12.3. The number of carbonyl (C=O) groups is 1. The fourth-order valence-electron chi connectivity index (χ4n) is 4.44. The third-order valence-electron chi connectivity index (χ3n) is 6.85. The van der Waals surface area contributed by atoms with E-state index in [2.05, 4.69) is 82.1 Å². The molecule has 1 aromatic heterocycles. The Balaban J connectivity index is 1.26. The number of aromatic nitrogens is 2. The van der Waals surface area contributed by atoms with Crippen molar-refractivity contribution in [2.45, 2.75) is 58.4 Å². The van der Waals surface area contributed by atoms with Crippen LogP contribution < -0.4 is 10.1 Å². The van der Waals surface area contributed by atoms with Gasteiger partial charge in [0.15, 0.2) is 0 Å². The summed E-state index contributed by atoms with van der Waals surface area (Å²) in [4.78, 5) is 17.2. The van der Waals surface area contributed by atoms with Crippen LogP contribution in [0, 0.1) is 0 Å². The Kier molecular flexibility index (Phi) is 9.78. The summed E-state index contributed by atoms with van der Waals surface area (Å²) < 4.78 is 9.34. The Morgan fingerprint density at radius 3 is 2.51 bits per heavy atom. The van der Waals surface area contributed by atoms with Crippen molar-refractivity contribution in [3.63, 3.8) is 0 Å². The molecule has 0 saturated heterocycles. The molecule has 5 nitrogen and oxygen atoms in total. The third-order valence-corrected chi connectivity index (χ3v) is 7.38. The maximum atomic E-state index is 12.3. The molecule has 3 aromatic carbocycles. The number of ether oxygens (including phenoxy) is 1. The molecule has 1 heterocycles. The van der Waals surface area contributed by atoms with Gasteiger partial charge in [-0.2, -0.15) is 0 Å². The molecule has 0 spiro atoms. The number of nitrogens with zero attached hydrogens (tertiary/aromatic N) is 2.